The van der Waals surface area contributed by atoms with Crippen LogP contribution in [-0.4, -0.2) is 35.1 Å². The minimum absolute atomic E-state index is 0.556. The quantitative estimate of drug-likeness (QED) is 0.927. The van der Waals surface area contributed by atoms with Gasteiger partial charge in [0.25, 0.3) is 0 Å². The third-order valence-electron chi connectivity index (χ3n) is 3.71. The van der Waals surface area contributed by atoms with Crippen molar-refractivity contribution in [3.8, 4) is 0 Å². The van der Waals surface area contributed by atoms with Crippen molar-refractivity contribution in [1.29, 1.82) is 0 Å². The molecule has 1 atom stereocenters. The minimum atomic E-state index is 0.556. The van der Waals surface area contributed by atoms with Gasteiger partial charge in [0.05, 0.1) is 4.47 Å². The molecule has 1 saturated heterocycles. The Balaban J connectivity index is 1.67. The van der Waals surface area contributed by atoms with Crippen molar-refractivity contribution in [2.45, 2.75) is 44.2 Å². The van der Waals surface area contributed by atoms with E-state index < -0.39 is 0 Å². The van der Waals surface area contributed by atoms with Gasteiger partial charge in [-0.25, -0.2) is 9.97 Å². The molecule has 1 aliphatic heterocycles. The van der Waals surface area contributed by atoms with Crippen LogP contribution in [-0.2, 0) is 0 Å². The molecule has 0 aromatic carbocycles. The molecule has 0 amide bonds. The van der Waals surface area contributed by atoms with E-state index in [-0.39, 0.29) is 0 Å². The number of nitrogens with one attached hydrogen (secondary N) is 1. The van der Waals surface area contributed by atoms with Crippen LogP contribution in [0.4, 0.5) is 5.95 Å². The lowest BCUT2D eigenvalue weighted by atomic mass is 10.0. The van der Waals surface area contributed by atoms with E-state index >= 15 is 0 Å². The number of anilines is 1. The summed E-state index contributed by atoms with van der Waals surface area (Å²) in [6.45, 7) is 2.16. The molecule has 2 aliphatic rings. The van der Waals surface area contributed by atoms with Crippen LogP contribution in [0.15, 0.2) is 16.9 Å². The molecule has 98 valence electrons. The zero-order valence-corrected chi connectivity index (χ0v) is 12.1. The fourth-order valence-electron chi connectivity index (χ4n) is 2.52. The van der Waals surface area contributed by atoms with Gasteiger partial charge in [-0.2, -0.15) is 0 Å². The standard InChI is InChI=1S/C13H19BrN4/c14-10-7-16-13(17-8-10)18-6-2-1-3-12(18)9-15-11-4-5-11/h7-8,11-12,15H,1-6,9H2. The fraction of sp³-hybridized carbons (Fsp3) is 0.692. The molecule has 18 heavy (non-hydrogen) atoms. The van der Waals surface area contributed by atoms with Gasteiger partial charge in [-0.15, -0.1) is 0 Å². The van der Waals surface area contributed by atoms with E-state index in [1.807, 2.05) is 12.4 Å². The molecule has 1 aliphatic carbocycles. The summed E-state index contributed by atoms with van der Waals surface area (Å²) in [5.74, 6) is 0.875. The first-order valence-electron chi connectivity index (χ1n) is 6.80. The van der Waals surface area contributed by atoms with E-state index in [2.05, 4.69) is 36.1 Å². The Morgan fingerprint density at radius 2 is 2.00 bits per heavy atom. The minimum Gasteiger partial charge on any atom is -0.337 e. The number of piperidine rings is 1. The lowest BCUT2D eigenvalue weighted by Crippen LogP contribution is -2.46. The van der Waals surface area contributed by atoms with Gasteiger partial charge in [-0.1, -0.05) is 0 Å². The predicted octanol–water partition coefficient (Wildman–Crippen LogP) is 2.35. The summed E-state index contributed by atoms with van der Waals surface area (Å²) >= 11 is 3.39. The Morgan fingerprint density at radius 1 is 1.22 bits per heavy atom. The number of hydrogen-bond acceptors (Lipinski definition) is 4. The summed E-state index contributed by atoms with van der Waals surface area (Å²) in [4.78, 5) is 11.2. The van der Waals surface area contributed by atoms with Crippen LogP contribution in [0, 0.1) is 0 Å². The highest BCUT2D eigenvalue weighted by Gasteiger charge is 2.27. The molecule has 0 spiro atoms. The van der Waals surface area contributed by atoms with Gasteiger partial charge in [0.1, 0.15) is 0 Å². The average Bonchev–Trinajstić information content (AvgIpc) is 3.22. The number of halogens is 1. The number of nitrogens with zero attached hydrogens (tertiary/aromatic N) is 3. The van der Waals surface area contributed by atoms with Crippen LogP contribution in [0.3, 0.4) is 0 Å². The molecule has 2 fully saturated rings. The predicted molar refractivity (Wildman–Crippen MR) is 75.7 cm³/mol. The van der Waals surface area contributed by atoms with Gasteiger partial charge in [-0.05, 0) is 48.0 Å². The summed E-state index contributed by atoms with van der Waals surface area (Å²) in [6.07, 6.45) is 10.2. The highest BCUT2D eigenvalue weighted by Crippen LogP contribution is 2.24. The lowest BCUT2D eigenvalue weighted by molar-refractivity contribution is 0.428. The Morgan fingerprint density at radius 3 is 2.72 bits per heavy atom. The Labute approximate surface area is 116 Å². The lowest BCUT2D eigenvalue weighted by Gasteiger charge is -2.36. The van der Waals surface area contributed by atoms with Crippen molar-refractivity contribution < 1.29 is 0 Å². The van der Waals surface area contributed by atoms with Crippen molar-refractivity contribution in [2.24, 2.45) is 0 Å². The molecule has 0 bridgehead atoms. The molecule has 1 N–H and O–H groups in total. The van der Waals surface area contributed by atoms with Crippen molar-refractivity contribution >= 4 is 21.9 Å². The molecular weight excluding hydrogens is 292 g/mol. The maximum Gasteiger partial charge on any atom is 0.225 e. The summed E-state index contributed by atoms with van der Waals surface area (Å²) in [5, 5.41) is 3.63. The van der Waals surface area contributed by atoms with Crippen molar-refractivity contribution in [3.05, 3.63) is 16.9 Å². The molecular formula is C13H19BrN4. The Bertz CT molecular complexity index is 390. The largest absolute Gasteiger partial charge is 0.337 e. The van der Waals surface area contributed by atoms with Gasteiger partial charge in [-0.3, -0.25) is 0 Å². The zero-order valence-electron chi connectivity index (χ0n) is 10.5. The molecule has 3 rings (SSSR count). The van der Waals surface area contributed by atoms with E-state index in [0.29, 0.717) is 6.04 Å². The van der Waals surface area contributed by atoms with Crippen LogP contribution >= 0.6 is 15.9 Å². The normalized spacial score (nSPS) is 24.3. The Hall–Kier alpha value is -0.680. The molecule has 1 aromatic heterocycles. The zero-order chi connectivity index (χ0) is 12.4. The van der Waals surface area contributed by atoms with Crippen LogP contribution in [0.2, 0.25) is 0 Å². The van der Waals surface area contributed by atoms with Gasteiger partial charge in [0, 0.05) is 37.6 Å². The van der Waals surface area contributed by atoms with Gasteiger partial charge in [0.2, 0.25) is 5.95 Å². The smallest absolute Gasteiger partial charge is 0.225 e. The third kappa shape index (κ3) is 3.01. The van der Waals surface area contributed by atoms with Crippen molar-refractivity contribution in [2.75, 3.05) is 18.0 Å². The molecule has 2 heterocycles. The molecule has 1 unspecified atom stereocenters. The summed E-state index contributed by atoms with van der Waals surface area (Å²) in [6, 6.07) is 1.33. The monoisotopic (exact) mass is 310 g/mol. The Kier molecular flexibility index (Phi) is 3.80. The first-order valence-corrected chi connectivity index (χ1v) is 7.60. The second-order valence-electron chi connectivity index (χ2n) is 5.23. The number of rotatable bonds is 4. The molecule has 5 heteroatoms. The second-order valence-corrected chi connectivity index (χ2v) is 6.14. The number of hydrogen-bond donors (Lipinski definition) is 1. The molecule has 4 nitrogen and oxygen atoms in total. The van der Waals surface area contributed by atoms with Crippen LogP contribution in [0.5, 0.6) is 0 Å². The highest BCUT2D eigenvalue weighted by atomic mass is 79.9. The van der Waals surface area contributed by atoms with E-state index in [9.17, 15) is 0 Å². The van der Waals surface area contributed by atoms with E-state index in [4.69, 9.17) is 0 Å². The van der Waals surface area contributed by atoms with Crippen molar-refractivity contribution in [3.63, 3.8) is 0 Å². The summed E-state index contributed by atoms with van der Waals surface area (Å²) in [5.41, 5.74) is 0. The summed E-state index contributed by atoms with van der Waals surface area (Å²) < 4.78 is 0.941. The topological polar surface area (TPSA) is 41.1 Å². The van der Waals surface area contributed by atoms with Gasteiger partial charge in [0.15, 0.2) is 0 Å². The number of aromatic nitrogens is 2. The van der Waals surface area contributed by atoms with Crippen molar-refractivity contribution in [1.82, 2.24) is 15.3 Å². The fourth-order valence-corrected chi connectivity index (χ4v) is 2.72. The highest BCUT2D eigenvalue weighted by molar-refractivity contribution is 9.10. The molecule has 0 radical (unpaired) electrons. The van der Waals surface area contributed by atoms with Crippen LogP contribution in [0.1, 0.15) is 32.1 Å². The van der Waals surface area contributed by atoms with E-state index in [1.54, 1.807) is 0 Å². The molecule has 1 aromatic rings. The summed E-state index contributed by atoms with van der Waals surface area (Å²) in [7, 11) is 0. The van der Waals surface area contributed by atoms with Crippen LogP contribution < -0.4 is 10.2 Å². The molecule has 1 saturated carbocycles. The average molecular weight is 311 g/mol. The maximum atomic E-state index is 4.44. The third-order valence-corrected chi connectivity index (χ3v) is 4.12. The van der Waals surface area contributed by atoms with E-state index in [1.165, 1.54) is 32.1 Å². The first kappa shape index (κ1) is 12.4. The van der Waals surface area contributed by atoms with Gasteiger partial charge < -0.3 is 10.2 Å². The maximum absolute atomic E-state index is 4.44. The second kappa shape index (κ2) is 5.53. The van der Waals surface area contributed by atoms with Crippen LogP contribution in [0.25, 0.3) is 0 Å². The first-order chi connectivity index (χ1) is 8.83. The van der Waals surface area contributed by atoms with E-state index in [0.717, 1.165) is 29.6 Å². The SMILES string of the molecule is Brc1cnc(N2CCCCC2CNC2CC2)nc1. The van der Waals surface area contributed by atoms with Gasteiger partial charge >= 0.3 is 0 Å².